The highest BCUT2D eigenvalue weighted by atomic mass is 79.9. The number of carbonyl (C=O) groups excluding carboxylic acids is 2. The van der Waals surface area contributed by atoms with Crippen molar-refractivity contribution in [3.05, 3.63) is 46.7 Å². The molecule has 0 aliphatic rings. The minimum atomic E-state index is -0.511. The van der Waals surface area contributed by atoms with E-state index >= 15 is 0 Å². The Labute approximate surface area is 222 Å². The number of H-pyrrole nitrogens is 2. The van der Waals surface area contributed by atoms with Gasteiger partial charge in [-0.3, -0.25) is 0 Å². The molecule has 0 aliphatic heterocycles. The Hall–Kier alpha value is -3.74. The zero-order valence-electron chi connectivity index (χ0n) is 21.6. The van der Waals surface area contributed by atoms with Gasteiger partial charge in [0.2, 0.25) is 0 Å². The van der Waals surface area contributed by atoms with Crippen LogP contribution in [0.5, 0.6) is 0 Å². The van der Waals surface area contributed by atoms with Gasteiger partial charge in [0.1, 0.15) is 22.2 Å². The third kappa shape index (κ3) is 9.01. The van der Waals surface area contributed by atoms with Gasteiger partial charge in [0.25, 0.3) is 0 Å². The van der Waals surface area contributed by atoms with Gasteiger partial charge in [0, 0.05) is 12.4 Å². The second-order valence-corrected chi connectivity index (χ2v) is 10.8. The number of nitrogens with one attached hydrogen (secondary N) is 4. The molecule has 0 spiro atoms. The topological polar surface area (TPSA) is 160 Å². The van der Waals surface area contributed by atoms with Crippen molar-refractivity contribution in [2.45, 2.75) is 65.8 Å². The molecule has 12 nitrogen and oxygen atoms in total. The molecule has 4 rings (SSSR count). The van der Waals surface area contributed by atoms with E-state index < -0.39 is 23.4 Å². The third-order valence-electron chi connectivity index (χ3n) is 4.32. The highest BCUT2D eigenvalue weighted by Crippen LogP contribution is 2.19. The molecule has 0 saturated heterocycles. The number of nitrogens with zero attached hydrogens (tertiary/aromatic N) is 4. The van der Waals surface area contributed by atoms with Crippen LogP contribution in [0.3, 0.4) is 0 Å². The molecule has 0 bridgehead atoms. The SMILES string of the molecule is CC(C)(C)OC(=O)NCc1cnc2[nH]cc(Br)c2n1.CC(C)(C)OC(=O)NCc1cnc2[nH]ccc2n1. The number of aromatic nitrogens is 6. The smallest absolute Gasteiger partial charge is 0.407 e. The predicted molar refractivity (Wildman–Crippen MR) is 142 cm³/mol. The van der Waals surface area contributed by atoms with Crippen LogP contribution in [0.25, 0.3) is 22.3 Å². The molecule has 0 saturated carbocycles. The van der Waals surface area contributed by atoms with E-state index in [4.69, 9.17) is 9.47 Å². The van der Waals surface area contributed by atoms with Gasteiger partial charge >= 0.3 is 12.2 Å². The van der Waals surface area contributed by atoms with Crippen LogP contribution in [0.2, 0.25) is 0 Å². The van der Waals surface area contributed by atoms with Crippen LogP contribution in [0.15, 0.2) is 35.3 Å². The molecular weight excluding hydrogens is 544 g/mol. The van der Waals surface area contributed by atoms with E-state index in [0.29, 0.717) is 23.6 Å². The second kappa shape index (κ2) is 11.5. The molecule has 4 heterocycles. The molecule has 13 heteroatoms. The Morgan fingerprint density at radius 2 is 1.41 bits per heavy atom. The zero-order valence-corrected chi connectivity index (χ0v) is 23.2. The largest absolute Gasteiger partial charge is 0.444 e. The summed E-state index contributed by atoms with van der Waals surface area (Å²) in [5.74, 6) is 0. The van der Waals surface area contributed by atoms with Crippen LogP contribution in [0, 0.1) is 0 Å². The maximum Gasteiger partial charge on any atom is 0.407 e. The molecule has 4 aromatic rings. The number of carbonyl (C=O) groups is 2. The van der Waals surface area contributed by atoms with Crippen LogP contribution < -0.4 is 10.6 Å². The van der Waals surface area contributed by atoms with Gasteiger partial charge in [-0.2, -0.15) is 0 Å². The summed E-state index contributed by atoms with van der Waals surface area (Å²) >= 11 is 3.38. The number of rotatable bonds is 4. The Kier molecular flexibility index (Phi) is 8.69. The van der Waals surface area contributed by atoms with Crippen LogP contribution in [-0.4, -0.2) is 53.3 Å². The summed E-state index contributed by atoms with van der Waals surface area (Å²) in [4.78, 5) is 46.0. The summed E-state index contributed by atoms with van der Waals surface area (Å²) in [6.45, 7) is 11.5. The molecule has 0 aromatic carbocycles. The Bertz CT molecular complexity index is 1370. The van der Waals surface area contributed by atoms with Crippen molar-refractivity contribution in [1.82, 2.24) is 40.5 Å². The minimum absolute atomic E-state index is 0.273. The first-order chi connectivity index (χ1) is 17.3. The van der Waals surface area contributed by atoms with Crippen molar-refractivity contribution in [2.24, 2.45) is 0 Å². The number of ether oxygens (including phenoxy) is 2. The van der Waals surface area contributed by atoms with Crippen molar-refractivity contribution in [2.75, 3.05) is 0 Å². The average Bonchev–Trinajstić information content (AvgIpc) is 3.40. The van der Waals surface area contributed by atoms with E-state index in [1.54, 1.807) is 24.8 Å². The fourth-order valence-electron chi connectivity index (χ4n) is 2.89. The molecule has 2 amide bonds. The van der Waals surface area contributed by atoms with E-state index in [9.17, 15) is 9.59 Å². The number of hydrogen-bond acceptors (Lipinski definition) is 8. The van der Waals surface area contributed by atoms with Crippen molar-refractivity contribution in [3.63, 3.8) is 0 Å². The van der Waals surface area contributed by atoms with Gasteiger partial charge in [-0.15, -0.1) is 0 Å². The summed E-state index contributed by atoms with van der Waals surface area (Å²) < 4.78 is 11.1. The molecule has 0 unspecified atom stereocenters. The Morgan fingerprint density at radius 1 is 0.865 bits per heavy atom. The number of aromatic amines is 2. The summed E-state index contributed by atoms with van der Waals surface area (Å²) in [6.07, 6.45) is 5.85. The maximum atomic E-state index is 11.5. The second-order valence-electron chi connectivity index (χ2n) is 9.98. The normalized spacial score (nSPS) is 11.5. The van der Waals surface area contributed by atoms with Crippen LogP contribution >= 0.6 is 15.9 Å². The lowest BCUT2D eigenvalue weighted by atomic mass is 10.2. The first kappa shape index (κ1) is 27.8. The highest BCUT2D eigenvalue weighted by molar-refractivity contribution is 9.10. The predicted octanol–water partition coefficient (Wildman–Crippen LogP) is 4.73. The van der Waals surface area contributed by atoms with Gasteiger partial charge in [0.05, 0.1) is 41.3 Å². The number of alkyl carbamates (subject to hydrolysis) is 2. The van der Waals surface area contributed by atoms with E-state index in [0.717, 1.165) is 21.2 Å². The number of fused-ring (bicyclic) bond motifs is 2. The van der Waals surface area contributed by atoms with Crippen molar-refractivity contribution in [1.29, 1.82) is 0 Å². The lowest BCUT2D eigenvalue weighted by molar-refractivity contribution is 0.0511. The molecular formula is C24H31BrN8O4. The van der Waals surface area contributed by atoms with Gasteiger partial charge < -0.3 is 30.1 Å². The van der Waals surface area contributed by atoms with Gasteiger partial charge in [-0.05, 0) is 63.5 Å². The molecule has 0 aliphatic carbocycles. The van der Waals surface area contributed by atoms with Gasteiger partial charge in [0.15, 0.2) is 11.3 Å². The number of halogens is 1. The monoisotopic (exact) mass is 574 g/mol. The Balaban J connectivity index is 0.000000206. The summed E-state index contributed by atoms with van der Waals surface area (Å²) in [5, 5.41) is 5.28. The molecule has 4 N–H and O–H groups in total. The standard InChI is InChI=1S/C12H15BrN4O2.C12H16N4O2/c1-12(2,3)19-11(18)16-5-7-4-14-10-9(17-7)8(13)6-15-10;1-12(2,3)18-11(17)15-7-8-6-14-10-9(16-8)4-5-13-10/h4,6H,5H2,1-3H3,(H,14,15)(H,16,18);4-6H,7H2,1-3H3,(H,13,14)(H,15,17). The fourth-order valence-corrected chi connectivity index (χ4v) is 3.28. The molecule has 37 heavy (non-hydrogen) atoms. The van der Waals surface area contributed by atoms with E-state index in [-0.39, 0.29) is 6.54 Å². The first-order valence-corrected chi connectivity index (χ1v) is 12.3. The first-order valence-electron chi connectivity index (χ1n) is 11.5. The van der Waals surface area contributed by atoms with E-state index in [1.807, 2.05) is 47.6 Å². The number of hydrogen-bond donors (Lipinski definition) is 4. The van der Waals surface area contributed by atoms with E-state index in [1.165, 1.54) is 0 Å². The minimum Gasteiger partial charge on any atom is -0.444 e. The van der Waals surface area contributed by atoms with Crippen molar-refractivity contribution in [3.8, 4) is 0 Å². The summed E-state index contributed by atoms with van der Waals surface area (Å²) in [7, 11) is 0. The van der Waals surface area contributed by atoms with Gasteiger partial charge in [-0.1, -0.05) is 0 Å². The van der Waals surface area contributed by atoms with Crippen molar-refractivity contribution >= 4 is 50.4 Å². The summed E-state index contributed by atoms with van der Waals surface area (Å²) in [5.41, 5.74) is 3.29. The number of amides is 2. The van der Waals surface area contributed by atoms with Crippen LogP contribution in [-0.2, 0) is 22.6 Å². The van der Waals surface area contributed by atoms with Crippen molar-refractivity contribution < 1.29 is 19.1 Å². The molecule has 0 atom stereocenters. The fraction of sp³-hybridized carbons (Fsp3) is 0.417. The zero-order chi connectivity index (χ0) is 27.2. The molecule has 0 radical (unpaired) electrons. The molecule has 198 valence electrons. The highest BCUT2D eigenvalue weighted by Gasteiger charge is 2.17. The third-order valence-corrected chi connectivity index (χ3v) is 4.92. The van der Waals surface area contributed by atoms with Crippen LogP contribution in [0.1, 0.15) is 52.9 Å². The maximum absolute atomic E-state index is 11.5. The lowest BCUT2D eigenvalue weighted by Crippen LogP contribution is -2.32. The lowest BCUT2D eigenvalue weighted by Gasteiger charge is -2.19. The van der Waals surface area contributed by atoms with Gasteiger partial charge in [-0.25, -0.2) is 29.5 Å². The van der Waals surface area contributed by atoms with Crippen LogP contribution in [0.4, 0.5) is 9.59 Å². The quantitative estimate of drug-likeness (QED) is 0.272. The average molecular weight is 575 g/mol. The Morgan fingerprint density at radius 3 is 1.97 bits per heavy atom. The summed E-state index contributed by atoms with van der Waals surface area (Å²) in [6, 6.07) is 1.83. The molecule has 4 aromatic heterocycles. The molecule has 0 fully saturated rings. The van der Waals surface area contributed by atoms with E-state index in [2.05, 4.69) is 56.5 Å².